The van der Waals surface area contributed by atoms with Gasteiger partial charge in [-0.15, -0.1) is 0 Å². The molecular weight excluding hydrogens is 184 g/mol. The molecule has 0 fully saturated rings. The number of rotatable bonds is 1. The molecular formula is C8H8N4O2. The first-order valence-electron chi connectivity index (χ1n) is 3.97. The molecule has 2 aromatic heterocycles. The molecule has 0 radical (unpaired) electrons. The molecule has 2 aromatic rings. The molecule has 0 unspecified atom stereocenters. The van der Waals surface area contributed by atoms with Gasteiger partial charge in [0.05, 0.1) is 18.4 Å². The summed E-state index contributed by atoms with van der Waals surface area (Å²) in [7, 11) is 1.33. The smallest absolute Gasteiger partial charge is 0.341 e. The average molecular weight is 192 g/mol. The molecule has 0 aliphatic heterocycles. The standard InChI is InChI=1S/C8H8N4O2/c1-5-6(7(13)14-2)3-12-8(11-5)9-4-10-12/h3-4H,1-2H3. The van der Waals surface area contributed by atoms with Crippen molar-refractivity contribution in [1.29, 1.82) is 0 Å². The van der Waals surface area contributed by atoms with E-state index in [2.05, 4.69) is 19.8 Å². The lowest BCUT2D eigenvalue weighted by Gasteiger charge is -2.02. The quantitative estimate of drug-likeness (QED) is 0.604. The fraction of sp³-hybridized carbons (Fsp3) is 0.250. The highest BCUT2D eigenvalue weighted by Gasteiger charge is 2.12. The number of aryl methyl sites for hydroxylation is 1. The van der Waals surface area contributed by atoms with Crippen LogP contribution in [0.3, 0.4) is 0 Å². The number of hydrogen-bond acceptors (Lipinski definition) is 5. The summed E-state index contributed by atoms with van der Waals surface area (Å²) in [6.07, 6.45) is 2.93. The van der Waals surface area contributed by atoms with Crippen molar-refractivity contribution >= 4 is 11.7 Å². The van der Waals surface area contributed by atoms with Crippen LogP contribution in [0.25, 0.3) is 5.78 Å². The Bertz CT molecular complexity index is 491. The molecule has 6 heteroatoms. The van der Waals surface area contributed by atoms with Gasteiger partial charge in [-0.25, -0.2) is 14.3 Å². The minimum atomic E-state index is -0.424. The van der Waals surface area contributed by atoms with E-state index >= 15 is 0 Å². The van der Waals surface area contributed by atoms with Crippen LogP contribution in [0.2, 0.25) is 0 Å². The summed E-state index contributed by atoms with van der Waals surface area (Å²) in [5, 5.41) is 3.87. The van der Waals surface area contributed by atoms with Gasteiger partial charge in [0.2, 0.25) is 0 Å². The molecule has 0 bridgehead atoms. The zero-order valence-electron chi connectivity index (χ0n) is 7.76. The van der Waals surface area contributed by atoms with Gasteiger partial charge >= 0.3 is 5.97 Å². The van der Waals surface area contributed by atoms with E-state index in [1.54, 1.807) is 13.1 Å². The molecule has 2 rings (SSSR count). The highest BCUT2D eigenvalue weighted by Crippen LogP contribution is 2.07. The van der Waals surface area contributed by atoms with Crippen LogP contribution in [0.1, 0.15) is 16.1 Å². The molecule has 0 atom stereocenters. The summed E-state index contributed by atoms with van der Waals surface area (Å²) >= 11 is 0. The highest BCUT2D eigenvalue weighted by atomic mass is 16.5. The number of aromatic nitrogens is 4. The number of fused-ring (bicyclic) bond motifs is 1. The first kappa shape index (κ1) is 8.61. The Morgan fingerprint density at radius 3 is 3.07 bits per heavy atom. The summed E-state index contributed by atoms with van der Waals surface area (Å²) in [6, 6.07) is 0. The van der Waals surface area contributed by atoms with E-state index in [0.717, 1.165) is 0 Å². The first-order valence-corrected chi connectivity index (χ1v) is 3.97. The summed E-state index contributed by atoms with van der Waals surface area (Å²) in [6.45, 7) is 1.72. The van der Waals surface area contributed by atoms with Crippen LogP contribution in [0.4, 0.5) is 0 Å². The molecule has 14 heavy (non-hydrogen) atoms. The predicted octanol–water partition coefficient (Wildman–Crippen LogP) is 0.219. The summed E-state index contributed by atoms with van der Waals surface area (Å²) < 4.78 is 6.03. The Hall–Kier alpha value is -1.98. The van der Waals surface area contributed by atoms with Crippen molar-refractivity contribution in [3.8, 4) is 0 Å². The lowest BCUT2D eigenvalue weighted by Crippen LogP contribution is -2.08. The van der Waals surface area contributed by atoms with Crippen molar-refractivity contribution in [3.63, 3.8) is 0 Å². The fourth-order valence-electron chi connectivity index (χ4n) is 1.15. The molecule has 0 spiro atoms. The van der Waals surface area contributed by atoms with Gasteiger partial charge in [0.1, 0.15) is 6.33 Å². The summed E-state index contributed by atoms with van der Waals surface area (Å²) in [5.74, 6) is 0.0440. The van der Waals surface area contributed by atoms with E-state index in [4.69, 9.17) is 0 Å². The lowest BCUT2D eigenvalue weighted by molar-refractivity contribution is 0.0598. The molecule has 0 saturated heterocycles. The van der Waals surface area contributed by atoms with Gasteiger partial charge in [0.25, 0.3) is 5.78 Å². The zero-order chi connectivity index (χ0) is 10.1. The number of hydrogen-bond donors (Lipinski definition) is 0. The first-order chi connectivity index (χ1) is 6.72. The van der Waals surface area contributed by atoms with Gasteiger partial charge in [0, 0.05) is 6.20 Å². The van der Waals surface area contributed by atoms with Crippen molar-refractivity contribution in [1.82, 2.24) is 19.6 Å². The number of nitrogens with zero attached hydrogens (tertiary/aromatic N) is 4. The van der Waals surface area contributed by atoms with Crippen molar-refractivity contribution in [2.24, 2.45) is 0 Å². The van der Waals surface area contributed by atoms with Gasteiger partial charge in [0.15, 0.2) is 0 Å². The van der Waals surface area contributed by atoms with E-state index in [1.165, 1.54) is 18.0 Å². The normalized spacial score (nSPS) is 10.4. The maximum atomic E-state index is 11.3. The molecule has 0 aromatic carbocycles. The third kappa shape index (κ3) is 1.20. The average Bonchev–Trinajstić information content (AvgIpc) is 2.62. The van der Waals surface area contributed by atoms with E-state index in [0.29, 0.717) is 17.0 Å². The fourth-order valence-corrected chi connectivity index (χ4v) is 1.15. The predicted molar refractivity (Wildman–Crippen MR) is 46.9 cm³/mol. The van der Waals surface area contributed by atoms with Crippen LogP contribution in [-0.2, 0) is 4.74 Å². The van der Waals surface area contributed by atoms with E-state index in [9.17, 15) is 4.79 Å². The van der Waals surface area contributed by atoms with Crippen molar-refractivity contribution in [3.05, 3.63) is 23.8 Å². The van der Waals surface area contributed by atoms with E-state index in [-0.39, 0.29) is 0 Å². The maximum Gasteiger partial charge on any atom is 0.341 e. The minimum absolute atomic E-state index is 0.394. The van der Waals surface area contributed by atoms with Crippen LogP contribution in [0.5, 0.6) is 0 Å². The Kier molecular flexibility index (Phi) is 1.88. The number of esters is 1. The third-order valence-electron chi connectivity index (χ3n) is 1.87. The summed E-state index contributed by atoms with van der Waals surface area (Å²) in [4.78, 5) is 19.3. The zero-order valence-corrected chi connectivity index (χ0v) is 7.76. The van der Waals surface area contributed by atoms with Crippen molar-refractivity contribution < 1.29 is 9.53 Å². The summed E-state index contributed by atoms with van der Waals surface area (Å²) in [5.41, 5.74) is 0.975. The number of methoxy groups -OCH3 is 1. The van der Waals surface area contributed by atoms with Gasteiger partial charge < -0.3 is 4.74 Å². The maximum absolute atomic E-state index is 11.3. The second-order valence-electron chi connectivity index (χ2n) is 2.74. The molecule has 0 aliphatic rings. The number of carbonyl (C=O) groups excluding carboxylic acids is 1. The molecule has 72 valence electrons. The largest absolute Gasteiger partial charge is 0.465 e. The molecule has 0 saturated carbocycles. The van der Waals surface area contributed by atoms with Crippen LogP contribution >= 0.6 is 0 Å². The van der Waals surface area contributed by atoms with E-state index in [1.807, 2.05) is 0 Å². The third-order valence-corrected chi connectivity index (χ3v) is 1.87. The monoisotopic (exact) mass is 192 g/mol. The van der Waals surface area contributed by atoms with Crippen LogP contribution in [0.15, 0.2) is 12.5 Å². The Labute approximate surface area is 79.5 Å². The van der Waals surface area contributed by atoms with Crippen molar-refractivity contribution in [2.75, 3.05) is 7.11 Å². The second-order valence-corrected chi connectivity index (χ2v) is 2.74. The van der Waals surface area contributed by atoms with E-state index < -0.39 is 5.97 Å². The van der Waals surface area contributed by atoms with Crippen LogP contribution < -0.4 is 0 Å². The number of carbonyl (C=O) groups is 1. The van der Waals surface area contributed by atoms with Crippen LogP contribution in [-0.4, -0.2) is 32.7 Å². The van der Waals surface area contributed by atoms with Gasteiger partial charge in [-0.1, -0.05) is 0 Å². The second kappa shape index (κ2) is 3.06. The Morgan fingerprint density at radius 1 is 1.57 bits per heavy atom. The SMILES string of the molecule is COC(=O)c1cn2ncnc2nc1C. The van der Waals surface area contributed by atoms with Gasteiger partial charge in [-0.3, -0.25) is 0 Å². The topological polar surface area (TPSA) is 69.4 Å². The Balaban J connectivity index is 2.64. The molecule has 2 heterocycles. The van der Waals surface area contributed by atoms with Crippen LogP contribution in [0, 0.1) is 6.92 Å². The van der Waals surface area contributed by atoms with Crippen molar-refractivity contribution in [2.45, 2.75) is 6.92 Å². The molecule has 0 N–H and O–H groups in total. The molecule has 6 nitrogen and oxygen atoms in total. The lowest BCUT2D eigenvalue weighted by atomic mass is 10.2. The highest BCUT2D eigenvalue weighted by molar-refractivity contribution is 5.90. The van der Waals surface area contributed by atoms with Gasteiger partial charge in [-0.05, 0) is 6.92 Å². The van der Waals surface area contributed by atoms with Gasteiger partial charge in [-0.2, -0.15) is 10.1 Å². The number of ether oxygens (including phenoxy) is 1. The minimum Gasteiger partial charge on any atom is -0.465 e. The molecule has 0 amide bonds. The Morgan fingerprint density at radius 2 is 2.36 bits per heavy atom. The molecule has 0 aliphatic carbocycles.